The average molecular weight is 673 g/mol. The predicted molar refractivity (Wildman–Crippen MR) is 178 cm³/mol. The third-order valence-electron chi connectivity index (χ3n) is 11.4. The first-order chi connectivity index (χ1) is 23.4. The highest BCUT2D eigenvalue weighted by atomic mass is 16.9. The third-order valence-corrected chi connectivity index (χ3v) is 11.4. The summed E-state index contributed by atoms with van der Waals surface area (Å²) in [5.41, 5.74) is -5.64. The van der Waals surface area contributed by atoms with Gasteiger partial charge in [0.15, 0.2) is 17.0 Å². The van der Waals surface area contributed by atoms with E-state index in [0.29, 0.717) is 5.57 Å². The Balaban J connectivity index is 1.39. The van der Waals surface area contributed by atoms with E-state index in [2.05, 4.69) is 19.6 Å². The van der Waals surface area contributed by atoms with Crippen molar-refractivity contribution in [1.29, 1.82) is 0 Å². The molecule has 12 atom stereocenters. The van der Waals surface area contributed by atoms with Crippen LogP contribution in [0.4, 0.5) is 0 Å². The first-order valence-corrected chi connectivity index (χ1v) is 17.0. The third kappa shape index (κ3) is 4.58. The van der Waals surface area contributed by atoms with Crippen LogP contribution in [0.15, 0.2) is 96.7 Å². The molecule has 0 amide bonds. The number of unbranched alkanes of at least 4 members (excludes halogenated alkanes) is 1. The molecule has 0 unspecified atom stereocenters. The van der Waals surface area contributed by atoms with Crippen molar-refractivity contribution in [2.75, 3.05) is 6.61 Å². The van der Waals surface area contributed by atoms with E-state index in [1.54, 1.807) is 44.2 Å². The molecule has 7 rings (SSSR count). The maximum atomic E-state index is 13.9. The van der Waals surface area contributed by atoms with Gasteiger partial charge in [-0.2, -0.15) is 0 Å². The highest BCUT2D eigenvalue weighted by Crippen LogP contribution is 2.73. The maximum absolute atomic E-state index is 13.9. The molecule has 10 heteroatoms. The fourth-order valence-electron chi connectivity index (χ4n) is 9.16. The SMILES string of the molecule is C=C(C)[C@@]12O[C@@]3(C=CC=CC=CCCC)O[C@@H]1[C@@H]1[C@@H]4O[C@]4(CO)[C@@H](O)[C@]4(O)C(=O)C(C)=C[C@H]4[C@@]1(O3)[C@H](C)[C@H]2OC(=O)C=Cc1ccccc1. The molecule has 5 fully saturated rings. The van der Waals surface area contributed by atoms with Gasteiger partial charge in [0.2, 0.25) is 0 Å². The van der Waals surface area contributed by atoms with Crippen LogP contribution in [-0.2, 0) is 33.3 Å². The Morgan fingerprint density at radius 3 is 2.51 bits per heavy atom. The van der Waals surface area contributed by atoms with Gasteiger partial charge in [-0.25, -0.2) is 4.79 Å². The van der Waals surface area contributed by atoms with E-state index in [0.717, 1.165) is 18.4 Å². The van der Waals surface area contributed by atoms with Crippen LogP contribution in [0, 0.1) is 17.8 Å². The van der Waals surface area contributed by atoms with Crippen molar-refractivity contribution in [1.82, 2.24) is 0 Å². The smallest absolute Gasteiger partial charge is 0.331 e. The number of hydrogen-bond acceptors (Lipinski definition) is 10. The normalized spacial score (nSPS) is 44.8. The van der Waals surface area contributed by atoms with Crippen molar-refractivity contribution in [3.05, 3.63) is 102 Å². The Morgan fingerprint density at radius 2 is 1.82 bits per heavy atom. The van der Waals surface area contributed by atoms with Gasteiger partial charge in [-0.15, -0.1) is 0 Å². The minimum Gasteiger partial charge on any atom is -0.455 e. The van der Waals surface area contributed by atoms with Gasteiger partial charge in [-0.3, -0.25) is 4.79 Å². The average Bonchev–Trinajstić information content (AvgIpc) is 3.71. The lowest BCUT2D eigenvalue weighted by Crippen LogP contribution is -2.76. The van der Waals surface area contributed by atoms with Crippen LogP contribution >= 0.6 is 0 Å². The number of Topliss-reactive ketones (excluding diaryl/α,β-unsaturated/α-hetero) is 1. The summed E-state index contributed by atoms with van der Waals surface area (Å²) in [5.74, 6) is -5.96. The first-order valence-electron chi connectivity index (χ1n) is 17.0. The molecule has 3 aliphatic carbocycles. The molecular weight excluding hydrogens is 628 g/mol. The summed E-state index contributed by atoms with van der Waals surface area (Å²) >= 11 is 0. The fourth-order valence-corrected chi connectivity index (χ4v) is 9.16. The fraction of sp³-hybridized carbons (Fsp3) is 0.487. The standard InChI is InChI=1S/C39H44O10/c1-6-7-8-9-10-11-15-20-36-47-33-29-32-35(22-40,46-32)34(43)37(44)27(21-24(4)30(37)42)39(29,49-36)25(5)31(38(33,48-36)23(2)3)45-28(41)19-18-26-16-13-12-14-17-26/h8-21,25,27,29,31-34,40,43-44H,2,6-7,22H2,1,3-5H3/t25-,27-,29+,31-,32+,33-,34-,35+,36-,37-,38+,39+/m1/s1. The highest BCUT2D eigenvalue weighted by molar-refractivity contribution is 6.05. The lowest BCUT2D eigenvalue weighted by atomic mass is 9.53. The molecule has 0 spiro atoms. The number of allylic oxidation sites excluding steroid dienone is 5. The largest absolute Gasteiger partial charge is 0.455 e. The van der Waals surface area contributed by atoms with Crippen molar-refractivity contribution >= 4 is 17.8 Å². The Morgan fingerprint density at radius 1 is 1.08 bits per heavy atom. The molecule has 260 valence electrons. The molecule has 0 aromatic heterocycles. The van der Waals surface area contributed by atoms with Gasteiger partial charge in [0.25, 0.3) is 0 Å². The number of hydrogen-bond donors (Lipinski definition) is 3. The van der Waals surface area contributed by atoms with Crippen molar-refractivity contribution < 1.29 is 48.6 Å². The molecule has 1 aromatic rings. The Bertz CT molecular complexity index is 1690. The molecule has 3 saturated heterocycles. The molecule has 10 nitrogen and oxygen atoms in total. The van der Waals surface area contributed by atoms with Crippen LogP contribution < -0.4 is 0 Å². The van der Waals surface area contributed by atoms with Crippen molar-refractivity contribution in [2.24, 2.45) is 17.8 Å². The Hall–Kier alpha value is -3.48. The predicted octanol–water partition coefficient (Wildman–Crippen LogP) is 3.88. The number of aliphatic hydroxyl groups is 3. The van der Waals surface area contributed by atoms with Gasteiger partial charge in [-0.1, -0.05) is 93.6 Å². The highest BCUT2D eigenvalue weighted by Gasteiger charge is 2.90. The van der Waals surface area contributed by atoms with Crippen LogP contribution in [0.2, 0.25) is 0 Å². The lowest BCUT2D eigenvalue weighted by Gasteiger charge is -2.61. The molecule has 49 heavy (non-hydrogen) atoms. The number of esters is 1. The minimum atomic E-state index is -2.43. The van der Waals surface area contributed by atoms with Crippen LogP contribution in [0.3, 0.4) is 0 Å². The minimum absolute atomic E-state index is 0.227. The van der Waals surface area contributed by atoms with E-state index >= 15 is 0 Å². The van der Waals surface area contributed by atoms with Gasteiger partial charge in [0, 0.05) is 29.9 Å². The molecular formula is C39H44O10. The monoisotopic (exact) mass is 672 g/mol. The Labute approximate surface area is 286 Å². The van der Waals surface area contributed by atoms with Crippen molar-refractivity contribution in [3.63, 3.8) is 0 Å². The Kier molecular flexibility index (Phi) is 8.19. The summed E-state index contributed by atoms with van der Waals surface area (Å²) in [6.07, 6.45) is 12.8. The van der Waals surface area contributed by atoms with Crippen molar-refractivity contribution in [2.45, 2.75) is 93.3 Å². The second-order valence-electron chi connectivity index (χ2n) is 14.2. The zero-order valence-electron chi connectivity index (χ0n) is 28.2. The van der Waals surface area contributed by atoms with E-state index in [1.165, 1.54) is 6.08 Å². The number of fused-ring (bicyclic) bond motifs is 3. The van der Waals surface area contributed by atoms with E-state index in [-0.39, 0.29) is 5.57 Å². The number of ketones is 1. The summed E-state index contributed by atoms with van der Waals surface area (Å²) in [7, 11) is 0. The van der Waals surface area contributed by atoms with E-state index in [4.69, 9.17) is 23.7 Å². The van der Waals surface area contributed by atoms with E-state index in [1.807, 2.05) is 49.4 Å². The second-order valence-corrected chi connectivity index (χ2v) is 14.2. The number of carbonyl (C=O) groups is 2. The zero-order chi connectivity index (χ0) is 35.0. The number of ether oxygens (including phenoxy) is 5. The molecule has 6 aliphatic rings. The molecule has 3 aliphatic heterocycles. The topological polar surface area (TPSA) is 144 Å². The molecule has 2 saturated carbocycles. The number of benzene rings is 1. The number of carbonyl (C=O) groups excluding carboxylic acids is 2. The molecule has 1 aromatic carbocycles. The molecule has 0 radical (unpaired) electrons. The molecule has 3 heterocycles. The quantitative estimate of drug-likeness (QED) is 0.110. The maximum Gasteiger partial charge on any atom is 0.331 e. The molecule has 3 N–H and O–H groups in total. The number of rotatable bonds is 10. The van der Waals surface area contributed by atoms with Crippen LogP contribution in [0.5, 0.6) is 0 Å². The van der Waals surface area contributed by atoms with E-state index < -0.39 is 88.9 Å². The zero-order valence-corrected chi connectivity index (χ0v) is 28.2. The summed E-state index contributed by atoms with van der Waals surface area (Å²) in [6, 6.07) is 9.31. The summed E-state index contributed by atoms with van der Waals surface area (Å²) in [4.78, 5) is 27.5. The van der Waals surface area contributed by atoms with Crippen LogP contribution in [0.25, 0.3) is 6.08 Å². The van der Waals surface area contributed by atoms with Crippen molar-refractivity contribution in [3.8, 4) is 0 Å². The van der Waals surface area contributed by atoms with Gasteiger partial charge >= 0.3 is 11.9 Å². The number of epoxide rings is 1. The van der Waals surface area contributed by atoms with E-state index in [9.17, 15) is 24.9 Å². The van der Waals surface area contributed by atoms with Gasteiger partial charge in [-0.05, 0) is 43.1 Å². The number of aliphatic hydroxyl groups excluding tert-OH is 2. The van der Waals surface area contributed by atoms with Crippen LogP contribution in [-0.4, -0.2) is 86.5 Å². The summed E-state index contributed by atoms with van der Waals surface area (Å²) in [6.45, 7) is 10.9. The summed E-state index contributed by atoms with van der Waals surface area (Å²) < 4.78 is 33.1. The summed E-state index contributed by atoms with van der Waals surface area (Å²) in [5, 5.41) is 34.9. The van der Waals surface area contributed by atoms with Gasteiger partial charge < -0.3 is 39.0 Å². The first kappa shape index (κ1) is 34.0. The molecule has 3 bridgehead atoms. The second kappa shape index (κ2) is 11.8. The lowest BCUT2D eigenvalue weighted by molar-refractivity contribution is -0.407. The van der Waals surface area contributed by atoms with Gasteiger partial charge in [0.05, 0.1) is 12.2 Å². The van der Waals surface area contributed by atoms with Crippen LogP contribution in [0.1, 0.15) is 46.1 Å². The van der Waals surface area contributed by atoms with Gasteiger partial charge in [0.1, 0.15) is 30.0 Å².